The zero-order valence-corrected chi connectivity index (χ0v) is 12.7. The summed E-state index contributed by atoms with van der Waals surface area (Å²) in [6, 6.07) is 3.41. The number of hydrogen-bond donors (Lipinski definition) is 0. The average molecular weight is 329 g/mol. The molecule has 0 N–H and O–H groups in total. The van der Waals surface area contributed by atoms with Gasteiger partial charge in [0.15, 0.2) is 4.34 Å². The van der Waals surface area contributed by atoms with Gasteiger partial charge < -0.3 is 0 Å². The van der Waals surface area contributed by atoms with Crippen LogP contribution in [0.5, 0.6) is 0 Å². The van der Waals surface area contributed by atoms with Gasteiger partial charge in [0.2, 0.25) is 0 Å². The van der Waals surface area contributed by atoms with Crippen molar-refractivity contribution in [3.63, 3.8) is 0 Å². The second kappa shape index (κ2) is 5.20. The van der Waals surface area contributed by atoms with Crippen molar-refractivity contribution in [2.24, 2.45) is 0 Å². The smallest absolute Gasteiger partial charge is 0.180 e. The molecule has 1 aromatic carbocycles. The molecule has 8 heteroatoms. The summed E-state index contributed by atoms with van der Waals surface area (Å²) in [5, 5.41) is 10.6. The summed E-state index contributed by atoms with van der Waals surface area (Å²) in [6.07, 6.45) is 1.69. The van der Waals surface area contributed by atoms with Gasteiger partial charge in [-0.1, -0.05) is 34.5 Å². The van der Waals surface area contributed by atoms with Crippen LogP contribution in [-0.2, 0) is 0 Å². The van der Waals surface area contributed by atoms with Gasteiger partial charge in [-0.3, -0.25) is 4.98 Å². The highest BCUT2D eigenvalue weighted by Gasteiger charge is 2.08. The van der Waals surface area contributed by atoms with Gasteiger partial charge in [-0.15, -0.1) is 10.2 Å². The van der Waals surface area contributed by atoms with Crippen LogP contribution in [0.1, 0.15) is 5.01 Å². The molecule has 0 saturated heterocycles. The lowest BCUT2D eigenvalue weighted by Crippen LogP contribution is -1.87. The number of hydrogen-bond acceptors (Lipinski definition) is 6. The third kappa shape index (κ3) is 2.81. The molecule has 3 rings (SSSR count). The Balaban J connectivity index is 1.99. The van der Waals surface area contributed by atoms with E-state index in [1.54, 1.807) is 18.3 Å². The Morgan fingerprint density at radius 1 is 1.11 bits per heavy atom. The molecule has 19 heavy (non-hydrogen) atoms. The molecule has 0 fully saturated rings. The molecule has 0 aliphatic carbocycles. The third-order valence-electron chi connectivity index (χ3n) is 2.26. The van der Waals surface area contributed by atoms with Crippen LogP contribution in [-0.4, -0.2) is 20.2 Å². The third-order valence-corrected chi connectivity index (χ3v) is 4.78. The molecule has 2 heterocycles. The fourth-order valence-electron chi connectivity index (χ4n) is 1.45. The number of fused-ring (bicyclic) bond motifs is 1. The topological polar surface area (TPSA) is 51.6 Å². The molecule has 0 amide bonds. The SMILES string of the molecule is Cc1nnc(Sc2cnc3cc(Cl)c(Cl)cc3n2)s1. The molecule has 0 bridgehead atoms. The Morgan fingerprint density at radius 2 is 1.84 bits per heavy atom. The maximum atomic E-state index is 5.98. The van der Waals surface area contributed by atoms with Crippen molar-refractivity contribution >= 4 is 57.3 Å². The fraction of sp³-hybridized carbons (Fsp3) is 0.0909. The van der Waals surface area contributed by atoms with Gasteiger partial charge in [0.25, 0.3) is 0 Å². The van der Waals surface area contributed by atoms with Gasteiger partial charge in [0.1, 0.15) is 10.0 Å². The quantitative estimate of drug-likeness (QED) is 0.703. The molecule has 0 aliphatic heterocycles. The summed E-state index contributed by atoms with van der Waals surface area (Å²) in [7, 11) is 0. The first kappa shape index (κ1) is 13.1. The second-order valence-corrected chi connectivity index (χ2v) is 6.92. The zero-order chi connectivity index (χ0) is 13.4. The van der Waals surface area contributed by atoms with Crippen LogP contribution >= 0.6 is 46.3 Å². The molecule has 2 aromatic heterocycles. The summed E-state index contributed by atoms with van der Waals surface area (Å²) in [5.41, 5.74) is 1.42. The number of rotatable bonds is 2. The average Bonchev–Trinajstić information content (AvgIpc) is 2.77. The second-order valence-electron chi connectivity index (χ2n) is 3.65. The summed E-state index contributed by atoms with van der Waals surface area (Å²) < 4.78 is 0.839. The van der Waals surface area contributed by atoms with Crippen molar-refractivity contribution in [3.8, 4) is 0 Å². The number of halogens is 2. The number of aryl methyl sites for hydroxylation is 1. The molecule has 96 valence electrons. The van der Waals surface area contributed by atoms with Crippen LogP contribution in [0.15, 0.2) is 27.7 Å². The number of nitrogens with zero attached hydrogens (tertiary/aromatic N) is 4. The molecular weight excluding hydrogens is 323 g/mol. The first-order chi connectivity index (χ1) is 9.11. The first-order valence-corrected chi connectivity index (χ1v) is 7.60. The molecule has 0 atom stereocenters. The van der Waals surface area contributed by atoms with E-state index in [0.29, 0.717) is 21.1 Å². The van der Waals surface area contributed by atoms with Crippen LogP contribution in [0.4, 0.5) is 0 Å². The molecule has 0 spiro atoms. The maximum Gasteiger partial charge on any atom is 0.180 e. The minimum absolute atomic E-state index is 0.470. The van der Waals surface area contributed by atoms with Crippen molar-refractivity contribution in [1.29, 1.82) is 0 Å². The minimum atomic E-state index is 0.470. The highest BCUT2D eigenvalue weighted by Crippen LogP contribution is 2.31. The van der Waals surface area contributed by atoms with E-state index in [4.69, 9.17) is 23.2 Å². The summed E-state index contributed by atoms with van der Waals surface area (Å²) >= 11 is 14.9. The first-order valence-electron chi connectivity index (χ1n) is 5.21. The van der Waals surface area contributed by atoms with Gasteiger partial charge in [0.05, 0.1) is 27.3 Å². The summed E-state index contributed by atoms with van der Waals surface area (Å²) in [5.74, 6) is 0. The van der Waals surface area contributed by atoms with E-state index in [1.807, 2.05) is 6.92 Å². The zero-order valence-electron chi connectivity index (χ0n) is 9.59. The Bertz CT molecular complexity index is 760. The van der Waals surface area contributed by atoms with Crippen molar-refractivity contribution in [1.82, 2.24) is 20.2 Å². The van der Waals surface area contributed by atoms with E-state index < -0.39 is 0 Å². The molecular formula is C11H6Cl2N4S2. The number of benzene rings is 1. The van der Waals surface area contributed by atoms with Crippen LogP contribution in [0.25, 0.3) is 11.0 Å². The largest absolute Gasteiger partial charge is 0.252 e. The van der Waals surface area contributed by atoms with E-state index in [0.717, 1.165) is 14.4 Å². The molecule has 0 saturated carbocycles. The Kier molecular flexibility index (Phi) is 3.58. The standard InChI is InChI=1S/C11H6Cl2N4S2/c1-5-16-17-11(18-5)19-10-4-14-8-2-6(12)7(13)3-9(8)15-10/h2-4H,1H3. The highest BCUT2D eigenvalue weighted by atomic mass is 35.5. The lowest BCUT2D eigenvalue weighted by atomic mass is 10.3. The van der Waals surface area contributed by atoms with Crippen LogP contribution < -0.4 is 0 Å². The Morgan fingerprint density at radius 3 is 2.53 bits per heavy atom. The minimum Gasteiger partial charge on any atom is -0.252 e. The van der Waals surface area contributed by atoms with E-state index in [2.05, 4.69) is 20.2 Å². The Labute approximate surface area is 127 Å². The molecule has 0 radical (unpaired) electrons. The van der Waals surface area contributed by atoms with Gasteiger partial charge in [-0.05, 0) is 30.8 Å². The van der Waals surface area contributed by atoms with Gasteiger partial charge in [-0.2, -0.15) is 0 Å². The monoisotopic (exact) mass is 328 g/mol. The molecule has 4 nitrogen and oxygen atoms in total. The number of aromatic nitrogens is 4. The summed E-state index contributed by atoms with van der Waals surface area (Å²) in [4.78, 5) is 8.79. The van der Waals surface area contributed by atoms with Gasteiger partial charge in [0, 0.05) is 0 Å². The predicted octanol–water partition coefficient (Wildman–Crippen LogP) is 4.25. The normalized spacial score (nSPS) is 11.1. The van der Waals surface area contributed by atoms with Crippen LogP contribution in [0.2, 0.25) is 10.0 Å². The van der Waals surface area contributed by atoms with Gasteiger partial charge in [-0.25, -0.2) is 4.98 Å². The van der Waals surface area contributed by atoms with Crippen LogP contribution in [0.3, 0.4) is 0 Å². The predicted molar refractivity (Wildman–Crippen MR) is 78.3 cm³/mol. The van der Waals surface area contributed by atoms with E-state index >= 15 is 0 Å². The Hall–Kier alpha value is -0.950. The maximum absolute atomic E-state index is 5.98. The van der Waals surface area contributed by atoms with E-state index in [-0.39, 0.29) is 0 Å². The van der Waals surface area contributed by atoms with E-state index in [1.165, 1.54) is 23.1 Å². The van der Waals surface area contributed by atoms with Crippen molar-refractivity contribution in [2.75, 3.05) is 0 Å². The highest BCUT2D eigenvalue weighted by molar-refractivity contribution is 8.01. The summed E-state index contributed by atoms with van der Waals surface area (Å²) in [6.45, 7) is 1.91. The molecule has 0 aliphatic rings. The van der Waals surface area contributed by atoms with Crippen molar-refractivity contribution < 1.29 is 0 Å². The van der Waals surface area contributed by atoms with Gasteiger partial charge >= 0.3 is 0 Å². The fourth-order valence-corrected chi connectivity index (χ4v) is 3.48. The molecule has 3 aromatic rings. The lowest BCUT2D eigenvalue weighted by molar-refractivity contribution is 0.980. The van der Waals surface area contributed by atoms with Crippen molar-refractivity contribution in [3.05, 3.63) is 33.4 Å². The van der Waals surface area contributed by atoms with Crippen LogP contribution in [0, 0.1) is 6.92 Å². The molecule has 0 unspecified atom stereocenters. The van der Waals surface area contributed by atoms with E-state index in [9.17, 15) is 0 Å². The van der Waals surface area contributed by atoms with Crippen molar-refractivity contribution in [2.45, 2.75) is 16.3 Å². The lowest BCUT2D eigenvalue weighted by Gasteiger charge is -2.01.